The van der Waals surface area contributed by atoms with Gasteiger partial charge in [0.1, 0.15) is 6.04 Å². The van der Waals surface area contributed by atoms with E-state index in [9.17, 15) is 19.2 Å². The monoisotopic (exact) mass is 359 g/mol. The van der Waals surface area contributed by atoms with Crippen LogP contribution in [0, 0.1) is 5.92 Å². The SMILES string of the molecule is O=C1CCC(N2C(=O)c3ccc(N4CC(C(O)O)C4)cc3C2=O)C(=O)N1. The summed E-state index contributed by atoms with van der Waals surface area (Å²) in [6.45, 7) is 0.880. The number of benzene rings is 1. The molecule has 0 bridgehead atoms. The molecule has 4 amide bonds. The lowest BCUT2D eigenvalue weighted by atomic mass is 9.97. The summed E-state index contributed by atoms with van der Waals surface area (Å²) in [6, 6.07) is 3.83. The third-order valence-electron chi connectivity index (χ3n) is 5.12. The minimum Gasteiger partial charge on any atom is -0.370 e. The van der Waals surface area contributed by atoms with E-state index in [4.69, 9.17) is 10.2 Å². The van der Waals surface area contributed by atoms with Gasteiger partial charge in [0.2, 0.25) is 11.8 Å². The minimum absolute atomic E-state index is 0.0771. The van der Waals surface area contributed by atoms with E-state index < -0.39 is 36.0 Å². The third kappa shape index (κ3) is 2.47. The lowest BCUT2D eigenvalue weighted by molar-refractivity contribution is -0.136. The Morgan fingerprint density at radius 1 is 1.04 bits per heavy atom. The first-order valence-electron chi connectivity index (χ1n) is 8.33. The van der Waals surface area contributed by atoms with E-state index in [2.05, 4.69) is 5.32 Å². The number of carbonyl (C=O) groups excluding carboxylic acids is 4. The average molecular weight is 359 g/mol. The molecular weight excluding hydrogens is 342 g/mol. The Hall–Kier alpha value is -2.78. The van der Waals surface area contributed by atoms with Crippen molar-refractivity contribution in [2.75, 3.05) is 18.0 Å². The van der Waals surface area contributed by atoms with Gasteiger partial charge in [0, 0.05) is 31.1 Å². The number of aliphatic hydroxyl groups excluding tert-OH is 1. The lowest BCUT2D eigenvalue weighted by Gasteiger charge is -2.41. The number of piperidine rings is 1. The zero-order valence-electron chi connectivity index (χ0n) is 13.7. The molecule has 3 heterocycles. The maximum Gasteiger partial charge on any atom is 0.262 e. The fourth-order valence-electron chi connectivity index (χ4n) is 3.57. The molecular formula is C17H17N3O6. The van der Waals surface area contributed by atoms with Crippen molar-refractivity contribution in [1.82, 2.24) is 10.2 Å². The second-order valence-electron chi connectivity index (χ2n) is 6.76. The second-order valence-corrected chi connectivity index (χ2v) is 6.76. The molecule has 0 radical (unpaired) electrons. The molecule has 9 heteroatoms. The molecule has 3 aliphatic rings. The van der Waals surface area contributed by atoms with Crippen LogP contribution < -0.4 is 10.2 Å². The van der Waals surface area contributed by atoms with Crippen LogP contribution in [0.1, 0.15) is 33.6 Å². The van der Waals surface area contributed by atoms with E-state index >= 15 is 0 Å². The van der Waals surface area contributed by atoms with Gasteiger partial charge < -0.3 is 15.1 Å². The van der Waals surface area contributed by atoms with Gasteiger partial charge in [-0.2, -0.15) is 0 Å². The van der Waals surface area contributed by atoms with E-state index in [0.29, 0.717) is 18.8 Å². The number of nitrogens with zero attached hydrogens (tertiary/aromatic N) is 2. The first kappa shape index (κ1) is 16.7. The first-order valence-corrected chi connectivity index (χ1v) is 8.33. The molecule has 9 nitrogen and oxygen atoms in total. The van der Waals surface area contributed by atoms with Gasteiger partial charge in [-0.25, -0.2) is 0 Å². The van der Waals surface area contributed by atoms with Crippen molar-refractivity contribution in [1.29, 1.82) is 0 Å². The van der Waals surface area contributed by atoms with Crippen LogP contribution in [0.2, 0.25) is 0 Å². The fraction of sp³-hybridized carbons (Fsp3) is 0.412. The minimum atomic E-state index is -1.38. The highest BCUT2D eigenvalue weighted by Gasteiger charge is 2.45. The largest absolute Gasteiger partial charge is 0.370 e. The Morgan fingerprint density at radius 2 is 1.73 bits per heavy atom. The first-order chi connectivity index (χ1) is 12.4. The van der Waals surface area contributed by atoms with Crippen LogP contribution in [0.25, 0.3) is 0 Å². The zero-order valence-corrected chi connectivity index (χ0v) is 13.7. The summed E-state index contributed by atoms with van der Waals surface area (Å²) in [4.78, 5) is 51.4. The van der Waals surface area contributed by atoms with E-state index in [1.165, 1.54) is 0 Å². The zero-order chi connectivity index (χ0) is 18.6. The van der Waals surface area contributed by atoms with Crippen LogP contribution in [0.5, 0.6) is 0 Å². The van der Waals surface area contributed by atoms with Crippen LogP contribution in [0.4, 0.5) is 5.69 Å². The molecule has 3 aliphatic heterocycles. The van der Waals surface area contributed by atoms with Crippen LogP contribution in [-0.4, -0.2) is 64.2 Å². The van der Waals surface area contributed by atoms with Crippen molar-refractivity contribution in [2.45, 2.75) is 25.2 Å². The Morgan fingerprint density at radius 3 is 2.38 bits per heavy atom. The predicted molar refractivity (Wildman–Crippen MR) is 87.0 cm³/mol. The van der Waals surface area contributed by atoms with Crippen molar-refractivity contribution in [2.24, 2.45) is 5.92 Å². The van der Waals surface area contributed by atoms with Gasteiger partial charge in [-0.3, -0.25) is 29.4 Å². The van der Waals surface area contributed by atoms with Crippen molar-refractivity contribution >= 4 is 29.3 Å². The Balaban J connectivity index is 1.57. The summed E-state index contributed by atoms with van der Waals surface area (Å²) >= 11 is 0. The fourth-order valence-corrected chi connectivity index (χ4v) is 3.57. The Bertz CT molecular complexity index is 830. The maximum atomic E-state index is 12.7. The third-order valence-corrected chi connectivity index (χ3v) is 5.12. The normalized spacial score (nSPS) is 23.4. The van der Waals surface area contributed by atoms with Crippen molar-refractivity contribution in [3.05, 3.63) is 29.3 Å². The lowest BCUT2D eigenvalue weighted by Crippen LogP contribution is -2.54. The predicted octanol–water partition coefficient (Wildman–Crippen LogP) is -1.17. The van der Waals surface area contributed by atoms with Gasteiger partial charge in [-0.05, 0) is 24.6 Å². The summed E-state index contributed by atoms with van der Waals surface area (Å²) in [5.41, 5.74) is 1.14. The second kappa shape index (κ2) is 5.89. The summed E-state index contributed by atoms with van der Waals surface area (Å²) in [5, 5.41) is 20.5. The molecule has 3 N–H and O–H groups in total. The van der Waals surface area contributed by atoms with E-state index in [-0.39, 0.29) is 29.9 Å². The molecule has 0 saturated carbocycles. The average Bonchev–Trinajstić information content (AvgIpc) is 2.78. The number of nitrogens with one attached hydrogen (secondary N) is 1. The molecule has 4 rings (SSSR count). The number of carbonyl (C=O) groups is 4. The molecule has 26 heavy (non-hydrogen) atoms. The van der Waals surface area contributed by atoms with Gasteiger partial charge in [-0.1, -0.05) is 0 Å². The molecule has 1 atom stereocenters. The maximum absolute atomic E-state index is 12.7. The highest BCUT2D eigenvalue weighted by atomic mass is 16.5. The number of hydrogen-bond acceptors (Lipinski definition) is 7. The number of rotatable bonds is 3. The molecule has 2 saturated heterocycles. The van der Waals surface area contributed by atoms with Crippen molar-refractivity contribution in [3.63, 3.8) is 0 Å². The molecule has 0 aromatic heterocycles. The number of aliphatic hydroxyl groups is 2. The number of imide groups is 2. The van der Waals surface area contributed by atoms with Gasteiger partial charge in [0.25, 0.3) is 11.8 Å². The van der Waals surface area contributed by atoms with Gasteiger partial charge in [-0.15, -0.1) is 0 Å². The standard InChI is InChI=1S/C17H17N3O6/c21-13-4-3-12(14(22)18-13)20-15(23)10-2-1-9(5-11(10)16(20)24)19-6-8(7-19)17(25)26/h1-2,5,8,12,17,25-26H,3-4,6-7H2,(H,18,21,22). The summed E-state index contributed by atoms with van der Waals surface area (Å²) < 4.78 is 0. The number of anilines is 1. The van der Waals surface area contributed by atoms with Gasteiger partial charge in [0.05, 0.1) is 11.1 Å². The van der Waals surface area contributed by atoms with E-state index in [1.54, 1.807) is 18.2 Å². The Kier molecular flexibility index (Phi) is 3.78. The summed E-state index contributed by atoms with van der Waals surface area (Å²) in [6.07, 6.45) is -1.19. The van der Waals surface area contributed by atoms with Crippen LogP contribution in [0.3, 0.4) is 0 Å². The number of amides is 4. The van der Waals surface area contributed by atoms with Crippen LogP contribution >= 0.6 is 0 Å². The molecule has 2 fully saturated rings. The highest BCUT2D eigenvalue weighted by Crippen LogP contribution is 2.33. The van der Waals surface area contributed by atoms with E-state index in [1.807, 2.05) is 4.90 Å². The molecule has 0 spiro atoms. The highest BCUT2D eigenvalue weighted by molar-refractivity contribution is 6.23. The van der Waals surface area contributed by atoms with Crippen molar-refractivity contribution < 1.29 is 29.4 Å². The molecule has 1 aromatic carbocycles. The molecule has 1 unspecified atom stereocenters. The molecule has 136 valence electrons. The van der Waals surface area contributed by atoms with Crippen molar-refractivity contribution in [3.8, 4) is 0 Å². The summed E-state index contributed by atoms with van der Waals surface area (Å²) in [5.74, 6) is -2.40. The number of fused-ring (bicyclic) bond motifs is 1. The van der Waals surface area contributed by atoms with Crippen LogP contribution in [-0.2, 0) is 9.59 Å². The smallest absolute Gasteiger partial charge is 0.262 e. The Labute approximate surface area is 148 Å². The van der Waals surface area contributed by atoms with Crippen LogP contribution in [0.15, 0.2) is 18.2 Å². The van der Waals surface area contributed by atoms with E-state index in [0.717, 1.165) is 4.90 Å². The summed E-state index contributed by atoms with van der Waals surface area (Å²) in [7, 11) is 0. The molecule has 0 aliphatic carbocycles. The van der Waals surface area contributed by atoms with Gasteiger partial charge in [0.15, 0.2) is 6.29 Å². The topological polar surface area (TPSA) is 127 Å². The quantitative estimate of drug-likeness (QED) is 0.459. The van der Waals surface area contributed by atoms with Gasteiger partial charge >= 0.3 is 0 Å². The number of hydrogen-bond donors (Lipinski definition) is 3. The molecule has 1 aromatic rings.